The molecule has 1 saturated heterocycles. The molecule has 1 fully saturated rings. The van der Waals surface area contributed by atoms with Crippen molar-refractivity contribution < 1.29 is 4.63 Å². The van der Waals surface area contributed by atoms with Gasteiger partial charge < -0.3 is 5.32 Å². The molecular weight excluding hydrogens is 302 g/mol. The zero-order valence-corrected chi connectivity index (χ0v) is 13.6. The number of pyridine rings is 1. The second-order valence-electron chi connectivity index (χ2n) is 6.36. The van der Waals surface area contributed by atoms with Gasteiger partial charge >= 0.3 is 0 Å². The van der Waals surface area contributed by atoms with Crippen molar-refractivity contribution in [1.82, 2.24) is 25.5 Å². The summed E-state index contributed by atoms with van der Waals surface area (Å²) in [5.41, 5.74) is 3.97. The summed E-state index contributed by atoms with van der Waals surface area (Å²) in [7, 11) is 0. The van der Waals surface area contributed by atoms with E-state index in [0.29, 0.717) is 6.04 Å². The van der Waals surface area contributed by atoms with Crippen molar-refractivity contribution in [2.24, 2.45) is 0 Å². The monoisotopic (exact) mass is 323 g/mol. The summed E-state index contributed by atoms with van der Waals surface area (Å²) < 4.78 is 4.75. The van der Waals surface area contributed by atoms with Gasteiger partial charge in [-0.3, -0.25) is 9.88 Å². The molecule has 0 bridgehead atoms. The van der Waals surface area contributed by atoms with Gasteiger partial charge in [0.15, 0.2) is 0 Å². The third-order valence-electron chi connectivity index (χ3n) is 4.53. The molecule has 1 N–H and O–H groups in total. The number of likely N-dealkylation sites (tertiary alicyclic amines) is 1. The number of aromatic nitrogens is 3. The van der Waals surface area contributed by atoms with Gasteiger partial charge in [-0.2, -0.15) is 0 Å². The molecule has 0 saturated carbocycles. The standard InChI is InChI=1S/C18H21N5O/c1-2-8-19-15(4-1)12-23-9-3-5-16(13-23)20-11-14-6-7-17-18(10-14)22-24-21-17/h1-2,4,6-8,10,16,20H,3,5,9,11-13H2. The van der Waals surface area contributed by atoms with Crippen molar-refractivity contribution in [1.29, 1.82) is 0 Å². The first-order valence-electron chi connectivity index (χ1n) is 8.44. The number of rotatable bonds is 5. The summed E-state index contributed by atoms with van der Waals surface area (Å²) in [5, 5.41) is 11.4. The van der Waals surface area contributed by atoms with Crippen molar-refractivity contribution in [3.05, 3.63) is 53.9 Å². The molecule has 1 atom stereocenters. The van der Waals surface area contributed by atoms with Gasteiger partial charge in [0.25, 0.3) is 0 Å². The van der Waals surface area contributed by atoms with Crippen LogP contribution < -0.4 is 5.32 Å². The second-order valence-corrected chi connectivity index (χ2v) is 6.36. The fourth-order valence-corrected chi connectivity index (χ4v) is 3.29. The summed E-state index contributed by atoms with van der Waals surface area (Å²) >= 11 is 0. The van der Waals surface area contributed by atoms with Gasteiger partial charge in [-0.1, -0.05) is 12.1 Å². The van der Waals surface area contributed by atoms with E-state index in [9.17, 15) is 0 Å². The lowest BCUT2D eigenvalue weighted by atomic mass is 10.0. The van der Waals surface area contributed by atoms with Crippen molar-refractivity contribution in [3.8, 4) is 0 Å². The number of nitrogens with zero attached hydrogens (tertiary/aromatic N) is 4. The van der Waals surface area contributed by atoms with Gasteiger partial charge in [-0.15, -0.1) is 0 Å². The van der Waals surface area contributed by atoms with Crippen molar-refractivity contribution >= 4 is 11.0 Å². The molecule has 6 nitrogen and oxygen atoms in total. The lowest BCUT2D eigenvalue weighted by Crippen LogP contribution is -2.45. The molecule has 0 aliphatic carbocycles. The van der Waals surface area contributed by atoms with E-state index in [1.54, 1.807) is 0 Å². The van der Waals surface area contributed by atoms with Crippen LogP contribution in [0.2, 0.25) is 0 Å². The fraction of sp³-hybridized carbons (Fsp3) is 0.389. The number of fused-ring (bicyclic) bond motifs is 1. The summed E-state index contributed by atoms with van der Waals surface area (Å²) in [6.07, 6.45) is 4.30. The van der Waals surface area contributed by atoms with Crippen LogP contribution in [0.3, 0.4) is 0 Å². The van der Waals surface area contributed by atoms with E-state index >= 15 is 0 Å². The Hall–Kier alpha value is -2.31. The Labute approximate surface area is 140 Å². The average molecular weight is 323 g/mol. The molecule has 3 heterocycles. The van der Waals surface area contributed by atoms with E-state index in [4.69, 9.17) is 4.63 Å². The minimum Gasteiger partial charge on any atom is -0.309 e. The quantitative estimate of drug-likeness (QED) is 0.777. The van der Waals surface area contributed by atoms with Gasteiger partial charge in [0.05, 0.1) is 5.69 Å². The van der Waals surface area contributed by atoms with Crippen LogP contribution >= 0.6 is 0 Å². The SMILES string of the molecule is c1ccc(CN2CCCC(NCc3ccc4nonc4c3)C2)nc1. The van der Waals surface area contributed by atoms with E-state index in [1.807, 2.05) is 24.4 Å². The fourth-order valence-electron chi connectivity index (χ4n) is 3.29. The lowest BCUT2D eigenvalue weighted by Gasteiger charge is -2.33. The highest BCUT2D eigenvalue weighted by Gasteiger charge is 2.19. The highest BCUT2D eigenvalue weighted by Crippen LogP contribution is 2.15. The average Bonchev–Trinajstić information content (AvgIpc) is 3.09. The van der Waals surface area contributed by atoms with Crippen LogP contribution in [0.1, 0.15) is 24.1 Å². The van der Waals surface area contributed by atoms with Crippen LogP contribution in [-0.4, -0.2) is 39.3 Å². The number of piperidine rings is 1. The van der Waals surface area contributed by atoms with Crippen molar-refractivity contribution in [2.45, 2.75) is 32.0 Å². The molecule has 1 unspecified atom stereocenters. The van der Waals surface area contributed by atoms with Crippen LogP contribution in [0.15, 0.2) is 47.2 Å². The Morgan fingerprint density at radius 3 is 3.04 bits per heavy atom. The number of hydrogen-bond acceptors (Lipinski definition) is 6. The molecule has 0 radical (unpaired) electrons. The Morgan fingerprint density at radius 1 is 1.17 bits per heavy atom. The maximum atomic E-state index is 4.75. The highest BCUT2D eigenvalue weighted by atomic mass is 16.6. The number of nitrogens with one attached hydrogen (secondary N) is 1. The molecule has 1 aliphatic heterocycles. The van der Waals surface area contributed by atoms with Gasteiger partial charge in [0, 0.05) is 31.9 Å². The smallest absolute Gasteiger partial charge is 0.135 e. The molecule has 1 aromatic carbocycles. The van der Waals surface area contributed by atoms with Gasteiger partial charge in [-0.05, 0) is 59.5 Å². The molecule has 0 spiro atoms. The summed E-state index contributed by atoms with van der Waals surface area (Å²) in [6, 6.07) is 12.7. The third kappa shape index (κ3) is 3.60. The molecule has 2 aromatic heterocycles. The van der Waals surface area contributed by atoms with Crippen LogP contribution in [0.25, 0.3) is 11.0 Å². The summed E-state index contributed by atoms with van der Waals surface area (Å²) in [4.78, 5) is 6.91. The van der Waals surface area contributed by atoms with E-state index in [2.05, 4.69) is 43.7 Å². The molecule has 6 heteroatoms. The van der Waals surface area contributed by atoms with E-state index in [1.165, 1.54) is 18.4 Å². The maximum absolute atomic E-state index is 4.75. The van der Waals surface area contributed by atoms with Crippen molar-refractivity contribution in [3.63, 3.8) is 0 Å². The predicted molar refractivity (Wildman–Crippen MR) is 91.2 cm³/mol. The molecular formula is C18H21N5O. The Morgan fingerprint density at radius 2 is 2.12 bits per heavy atom. The topological polar surface area (TPSA) is 67.1 Å². The molecule has 0 amide bonds. The minimum absolute atomic E-state index is 0.508. The molecule has 4 rings (SSSR count). The summed E-state index contributed by atoms with van der Waals surface area (Å²) in [5.74, 6) is 0. The first kappa shape index (κ1) is 15.2. The third-order valence-corrected chi connectivity index (χ3v) is 4.53. The Bertz CT molecular complexity index is 788. The zero-order chi connectivity index (χ0) is 16.2. The zero-order valence-electron chi connectivity index (χ0n) is 13.6. The van der Waals surface area contributed by atoms with E-state index in [0.717, 1.165) is 42.9 Å². The first-order chi connectivity index (χ1) is 11.9. The molecule has 3 aromatic rings. The predicted octanol–water partition coefficient (Wildman–Crippen LogP) is 2.37. The highest BCUT2D eigenvalue weighted by molar-refractivity contribution is 5.73. The normalized spacial score (nSPS) is 18.9. The Kier molecular flexibility index (Phi) is 4.49. The molecule has 124 valence electrons. The maximum Gasteiger partial charge on any atom is 0.135 e. The molecule has 24 heavy (non-hydrogen) atoms. The lowest BCUT2D eigenvalue weighted by molar-refractivity contribution is 0.181. The van der Waals surface area contributed by atoms with Crippen LogP contribution in [0, 0.1) is 0 Å². The van der Waals surface area contributed by atoms with Gasteiger partial charge in [0.2, 0.25) is 0 Å². The first-order valence-corrected chi connectivity index (χ1v) is 8.44. The van der Waals surface area contributed by atoms with E-state index in [-0.39, 0.29) is 0 Å². The largest absolute Gasteiger partial charge is 0.309 e. The van der Waals surface area contributed by atoms with Crippen molar-refractivity contribution in [2.75, 3.05) is 13.1 Å². The number of hydrogen-bond donors (Lipinski definition) is 1. The Balaban J connectivity index is 1.32. The van der Waals surface area contributed by atoms with Gasteiger partial charge in [0.1, 0.15) is 11.0 Å². The molecule has 1 aliphatic rings. The van der Waals surface area contributed by atoms with Crippen LogP contribution in [0.5, 0.6) is 0 Å². The number of benzene rings is 1. The minimum atomic E-state index is 0.508. The summed E-state index contributed by atoms with van der Waals surface area (Å²) in [6.45, 7) is 3.97. The van der Waals surface area contributed by atoms with Crippen LogP contribution in [0.4, 0.5) is 0 Å². The van der Waals surface area contributed by atoms with E-state index < -0.39 is 0 Å². The van der Waals surface area contributed by atoms with Gasteiger partial charge in [-0.25, -0.2) is 4.63 Å². The second kappa shape index (κ2) is 7.07. The van der Waals surface area contributed by atoms with Crippen LogP contribution in [-0.2, 0) is 13.1 Å².